The van der Waals surface area contributed by atoms with Crippen LogP contribution in [-0.2, 0) is 14.3 Å². The van der Waals surface area contributed by atoms with E-state index in [0.29, 0.717) is 0 Å². The van der Waals surface area contributed by atoms with Crippen molar-refractivity contribution in [2.24, 2.45) is 5.73 Å². The Morgan fingerprint density at radius 2 is 1.82 bits per heavy atom. The lowest BCUT2D eigenvalue weighted by Crippen LogP contribution is -2.22. The van der Waals surface area contributed by atoms with Crippen molar-refractivity contribution in [3.8, 4) is 0 Å². The molecule has 0 aliphatic rings. The third-order valence-corrected chi connectivity index (χ3v) is 4.13. The fourth-order valence-corrected chi connectivity index (χ4v) is 2.86. The number of nitro benzene ring substituents is 1. The van der Waals surface area contributed by atoms with Crippen molar-refractivity contribution in [2.45, 2.75) is 0 Å². The zero-order chi connectivity index (χ0) is 20.8. The van der Waals surface area contributed by atoms with E-state index in [4.69, 9.17) is 10.5 Å². The fraction of sp³-hybridized carbons (Fsp3) is 0.125. The van der Waals surface area contributed by atoms with E-state index in [2.05, 4.69) is 10.1 Å². The van der Waals surface area contributed by atoms with Crippen LogP contribution in [0.5, 0.6) is 0 Å². The minimum absolute atomic E-state index is 0.103. The number of amides is 2. The van der Waals surface area contributed by atoms with Crippen molar-refractivity contribution >= 4 is 45.8 Å². The van der Waals surface area contributed by atoms with Crippen LogP contribution in [-0.4, -0.2) is 42.4 Å². The minimum Gasteiger partial charge on any atom is -0.465 e. The van der Waals surface area contributed by atoms with Gasteiger partial charge in [-0.15, -0.1) is 11.3 Å². The lowest BCUT2D eigenvalue weighted by molar-refractivity contribution is -0.384. The summed E-state index contributed by atoms with van der Waals surface area (Å²) in [6.45, 7) is -0.731. The number of hydrogen-bond donors (Lipinski definition) is 2. The second-order valence-corrected chi connectivity index (χ2v) is 6.09. The molecule has 0 aliphatic carbocycles. The van der Waals surface area contributed by atoms with E-state index in [1.807, 2.05) is 0 Å². The first-order valence-corrected chi connectivity index (χ1v) is 8.33. The highest BCUT2D eigenvalue weighted by Crippen LogP contribution is 2.22. The van der Waals surface area contributed by atoms with Gasteiger partial charge in [0, 0.05) is 12.1 Å². The monoisotopic (exact) mass is 407 g/mol. The van der Waals surface area contributed by atoms with Crippen LogP contribution in [0.1, 0.15) is 31.1 Å². The number of thiophene rings is 1. The SMILES string of the molecule is COC(=O)c1cc(C(=O)OCC(=O)Nc2sccc2C(N)=O)cc([N+](=O)[O-])c1. The number of anilines is 1. The molecule has 12 heteroatoms. The van der Waals surface area contributed by atoms with Gasteiger partial charge in [0.15, 0.2) is 6.61 Å². The molecule has 0 saturated carbocycles. The molecule has 0 fully saturated rings. The van der Waals surface area contributed by atoms with E-state index in [1.165, 1.54) is 6.07 Å². The number of nitrogens with two attached hydrogens (primary N) is 1. The van der Waals surface area contributed by atoms with Crippen molar-refractivity contribution in [3.63, 3.8) is 0 Å². The number of hydrogen-bond acceptors (Lipinski definition) is 9. The Bertz CT molecular complexity index is 969. The number of methoxy groups -OCH3 is 1. The van der Waals surface area contributed by atoms with Crippen molar-refractivity contribution < 1.29 is 33.6 Å². The van der Waals surface area contributed by atoms with E-state index < -0.39 is 41.0 Å². The van der Waals surface area contributed by atoms with E-state index >= 15 is 0 Å². The van der Waals surface area contributed by atoms with E-state index in [1.54, 1.807) is 5.38 Å². The van der Waals surface area contributed by atoms with Gasteiger partial charge in [0.25, 0.3) is 17.5 Å². The first-order valence-electron chi connectivity index (χ1n) is 7.45. The lowest BCUT2D eigenvalue weighted by atomic mass is 10.1. The molecule has 146 valence electrons. The average molecular weight is 407 g/mol. The Hall–Kier alpha value is -3.80. The molecule has 0 atom stereocenters. The molecule has 0 bridgehead atoms. The molecule has 0 radical (unpaired) electrons. The number of nitrogens with zero attached hydrogens (tertiary/aromatic N) is 1. The normalized spacial score (nSPS) is 10.0. The van der Waals surface area contributed by atoms with Crippen LogP contribution in [0, 0.1) is 10.1 Å². The van der Waals surface area contributed by atoms with Crippen LogP contribution >= 0.6 is 11.3 Å². The van der Waals surface area contributed by atoms with Gasteiger partial charge in [0.2, 0.25) is 0 Å². The Balaban J connectivity index is 2.09. The van der Waals surface area contributed by atoms with Gasteiger partial charge in [-0.25, -0.2) is 9.59 Å². The number of carbonyl (C=O) groups excluding carboxylic acids is 4. The minimum atomic E-state index is -1.06. The number of non-ortho nitro benzene ring substituents is 1. The first kappa shape index (κ1) is 20.5. The van der Waals surface area contributed by atoms with Gasteiger partial charge in [0.1, 0.15) is 5.00 Å². The maximum atomic E-state index is 12.1. The third-order valence-electron chi connectivity index (χ3n) is 3.30. The molecule has 0 spiro atoms. The van der Waals surface area contributed by atoms with Crippen LogP contribution in [0.3, 0.4) is 0 Å². The van der Waals surface area contributed by atoms with Gasteiger partial charge < -0.3 is 20.5 Å². The van der Waals surface area contributed by atoms with Gasteiger partial charge in [-0.2, -0.15) is 0 Å². The number of benzene rings is 1. The first-order chi connectivity index (χ1) is 13.2. The van der Waals surface area contributed by atoms with Crippen molar-refractivity contribution in [1.82, 2.24) is 0 Å². The molecule has 11 nitrogen and oxygen atoms in total. The summed E-state index contributed by atoms with van der Waals surface area (Å²) in [6.07, 6.45) is 0. The Labute approximate surface area is 161 Å². The predicted octanol–water partition coefficient (Wildman–Crippen LogP) is 1.34. The van der Waals surface area contributed by atoms with E-state index in [0.717, 1.165) is 36.6 Å². The van der Waals surface area contributed by atoms with E-state index in [9.17, 15) is 29.3 Å². The van der Waals surface area contributed by atoms with Gasteiger partial charge in [0.05, 0.1) is 28.7 Å². The van der Waals surface area contributed by atoms with E-state index in [-0.39, 0.29) is 21.7 Å². The molecule has 3 N–H and O–H groups in total. The fourth-order valence-electron chi connectivity index (χ4n) is 2.05. The Morgan fingerprint density at radius 3 is 2.39 bits per heavy atom. The molecule has 2 aromatic rings. The highest BCUT2D eigenvalue weighted by atomic mass is 32.1. The van der Waals surface area contributed by atoms with Crippen LogP contribution in [0.25, 0.3) is 0 Å². The maximum Gasteiger partial charge on any atom is 0.338 e. The summed E-state index contributed by atoms with van der Waals surface area (Å²) >= 11 is 1.05. The molecular formula is C16H13N3O8S. The van der Waals surface area contributed by atoms with Crippen LogP contribution < -0.4 is 11.1 Å². The Morgan fingerprint density at radius 1 is 1.18 bits per heavy atom. The van der Waals surface area contributed by atoms with Crippen molar-refractivity contribution in [1.29, 1.82) is 0 Å². The topological polar surface area (TPSA) is 168 Å². The summed E-state index contributed by atoms with van der Waals surface area (Å²) in [4.78, 5) is 57.0. The lowest BCUT2D eigenvalue weighted by Gasteiger charge is -2.07. The van der Waals surface area contributed by atoms with Crippen LogP contribution in [0.2, 0.25) is 0 Å². The van der Waals surface area contributed by atoms with Gasteiger partial charge in [-0.1, -0.05) is 0 Å². The number of nitrogens with one attached hydrogen (secondary N) is 1. The highest BCUT2D eigenvalue weighted by molar-refractivity contribution is 7.14. The van der Waals surface area contributed by atoms with Gasteiger partial charge >= 0.3 is 11.9 Å². The highest BCUT2D eigenvalue weighted by Gasteiger charge is 2.20. The molecule has 1 aromatic carbocycles. The summed E-state index contributed by atoms with van der Waals surface area (Å²) in [5.41, 5.74) is 4.21. The largest absolute Gasteiger partial charge is 0.465 e. The quantitative estimate of drug-likeness (QED) is 0.394. The molecule has 0 unspecified atom stereocenters. The van der Waals surface area contributed by atoms with Crippen LogP contribution in [0.4, 0.5) is 10.7 Å². The maximum absolute atomic E-state index is 12.1. The number of rotatable bonds is 7. The predicted molar refractivity (Wildman–Crippen MR) is 96.2 cm³/mol. The van der Waals surface area contributed by atoms with Gasteiger partial charge in [-0.05, 0) is 17.5 Å². The summed E-state index contributed by atoms with van der Waals surface area (Å²) in [7, 11) is 1.08. The molecule has 28 heavy (non-hydrogen) atoms. The van der Waals surface area contributed by atoms with Crippen LogP contribution in [0.15, 0.2) is 29.6 Å². The molecule has 2 rings (SSSR count). The summed E-state index contributed by atoms with van der Waals surface area (Å²) in [5, 5.41) is 15.1. The molecule has 1 aromatic heterocycles. The number of carbonyl (C=O) groups is 4. The number of ether oxygens (including phenoxy) is 2. The number of nitro groups is 1. The second kappa shape index (κ2) is 8.73. The standard InChI is InChI=1S/C16H13N3O8S/c1-26-15(22)8-4-9(6-10(5-8)19(24)25)16(23)27-7-12(20)18-14-11(13(17)21)2-3-28-14/h2-6H,7H2,1H3,(H2,17,21)(H,18,20). The van der Waals surface area contributed by atoms with Crippen molar-refractivity contribution in [3.05, 3.63) is 56.5 Å². The molecule has 0 aliphatic heterocycles. The summed E-state index contributed by atoms with van der Waals surface area (Å²) in [6, 6.07) is 4.31. The second-order valence-electron chi connectivity index (χ2n) is 5.17. The molecular weight excluding hydrogens is 394 g/mol. The summed E-state index contributed by atoms with van der Waals surface area (Å²) < 4.78 is 9.28. The zero-order valence-electron chi connectivity index (χ0n) is 14.3. The molecule has 1 heterocycles. The van der Waals surface area contributed by atoms with Crippen molar-refractivity contribution in [2.75, 3.05) is 19.0 Å². The molecule has 0 saturated heterocycles. The number of primary amides is 1. The zero-order valence-corrected chi connectivity index (χ0v) is 15.1. The smallest absolute Gasteiger partial charge is 0.338 e. The number of esters is 2. The average Bonchev–Trinajstić information content (AvgIpc) is 3.13. The van der Waals surface area contributed by atoms with Gasteiger partial charge in [-0.3, -0.25) is 19.7 Å². The molecule has 2 amide bonds. The summed E-state index contributed by atoms with van der Waals surface area (Å²) in [5.74, 6) is -3.44. The third kappa shape index (κ3) is 4.88. The Kier molecular flexibility index (Phi) is 6.39.